The maximum Gasteiger partial charge on any atom is 0.255 e. The van der Waals surface area contributed by atoms with Crippen molar-refractivity contribution in [3.8, 4) is 0 Å². The molecule has 0 aromatic heterocycles. The van der Waals surface area contributed by atoms with Crippen LogP contribution in [-0.4, -0.2) is 13.0 Å². The summed E-state index contributed by atoms with van der Waals surface area (Å²) in [5, 5.41) is 2.94. The van der Waals surface area contributed by atoms with Gasteiger partial charge in [0.1, 0.15) is 0 Å². The number of aryl methyl sites for hydroxylation is 2. The van der Waals surface area contributed by atoms with Gasteiger partial charge in [0.2, 0.25) is 0 Å². The summed E-state index contributed by atoms with van der Waals surface area (Å²) in [6.07, 6.45) is 0. The molecule has 1 amide bonds. The van der Waals surface area contributed by atoms with Crippen molar-refractivity contribution in [3.63, 3.8) is 0 Å². The maximum absolute atomic E-state index is 12.5. The molecule has 0 spiro atoms. The van der Waals surface area contributed by atoms with Crippen LogP contribution in [0.4, 0.5) is 11.4 Å². The van der Waals surface area contributed by atoms with Gasteiger partial charge in [-0.3, -0.25) is 4.79 Å². The Morgan fingerprint density at radius 2 is 1.50 bits per heavy atom. The highest BCUT2D eigenvalue weighted by Crippen LogP contribution is 2.28. The minimum atomic E-state index is -0.103. The third-order valence-electron chi connectivity index (χ3n) is 4.05. The Kier molecular flexibility index (Phi) is 5.64. The van der Waals surface area contributed by atoms with E-state index in [2.05, 4.69) is 40.8 Å². The molecule has 0 bridgehead atoms. The Morgan fingerprint density at radius 1 is 0.885 bits per heavy atom. The van der Waals surface area contributed by atoms with Gasteiger partial charge in [0, 0.05) is 28.9 Å². The lowest BCUT2D eigenvalue weighted by Crippen LogP contribution is -2.12. The van der Waals surface area contributed by atoms with Crippen LogP contribution in [0.2, 0.25) is 0 Å². The van der Waals surface area contributed by atoms with Gasteiger partial charge in [0.15, 0.2) is 0 Å². The van der Waals surface area contributed by atoms with Crippen molar-refractivity contribution in [2.24, 2.45) is 0 Å². The van der Waals surface area contributed by atoms with E-state index in [1.54, 1.807) is 11.9 Å². The van der Waals surface area contributed by atoms with Crippen molar-refractivity contribution in [1.29, 1.82) is 0 Å². The van der Waals surface area contributed by atoms with E-state index in [0.29, 0.717) is 5.56 Å². The lowest BCUT2D eigenvalue weighted by atomic mass is 10.2. The van der Waals surface area contributed by atoms with E-state index in [0.717, 1.165) is 16.3 Å². The van der Waals surface area contributed by atoms with Crippen molar-refractivity contribution in [2.75, 3.05) is 16.7 Å². The summed E-state index contributed by atoms with van der Waals surface area (Å²) >= 11 is 1.60. The summed E-state index contributed by atoms with van der Waals surface area (Å²) in [6, 6.07) is 23.8. The summed E-state index contributed by atoms with van der Waals surface area (Å²) in [5.41, 5.74) is 4.97. The normalized spacial score (nSPS) is 10.4. The number of hydrogen-bond donors (Lipinski definition) is 1. The number of hydrogen-bond acceptors (Lipinski definition) is 3. The second-order valence-electron chi connectivity index (χ2n) is 6.27. The Hall–Kier alpha value is -2.72. The van der Waals surface area contributed by atoms with Crippen molar-refractivity contribution in [2.45, 2.75) is 18.7 Å². The summed E-state index contributed by atoms with van der Waals surface area (Å²) < 4.78 is 2.09. The summed E-state index contributed by atoms with van der Waals surface area (Å²) in [7, 11) is 2.02. The van der Waals surface area contributed by atoms with E-state index < -0.39 is 0 Å². The van der Waals surface area contributed by atoms with E-state index in [-0.39, 0.29) is 5.91 Å². The van der Waals surface area contributed by atoms with Gasteiger partial charge in [0.25, 0.3) is 5.91 Å². The topological polar surface area (TPSA) is 32.3 Å². The fraction of sp³-hybridized carbons (Fsp3) is 0.136. The van der Waals surface area contributed by atoms with E-state index in [1.165, 1.54) is 11.1 Å². The van der Waals surface area contributed by atoms with Crippen molar-refractivity contribution >= 4 is 29.2 Å². The first-order valence-corrected chi connectivity index (χ1v) is 9.25. The largest absolute Gasteiger partial charge is 0.322 e. The molecule has 0 aliphatic rings. The van der Waals surface area contributed by atoms with E-state index in [9.17, 15) is 4.79 Å². The molecule has 0 aliphatic heterocycles. The average molecular weight is 362 g/mol. The Morgan fingerprint density at radius 3 is 2.15 bits per heavy atom. The molecule has 3 nitrogen and oxygen atoms in total. The number of anilines is 2. The third kappa shape index (κ3) is 4.67. The Labute approximate surface area is 159 Å². The van der Waals surface area contributed by atoms with Gasteiger partial charge in [-0.2, -0.15) is 0 Å². The van der Waals surface area contributed by atoms with Crippen LogP contribution in [-0.2, 0) is 0 Å². The number of rotatable bonds is 5. The van der Waals surface area contributed by atoms with E-state index in [4.69, 9.17) is 0 Å². The van der Waals surface area contributed by atoms with Gasteiger partial charge >= 0.3 is 0 Å². The molecule has 26 heavy (non-hydrogen) atoms. The molecule has 0 fully saturated rings. The lowest BCUT2D eigenvalue weighted by molar-refractivity contribution is 0.102. The number of nitrogens with one attached hydrogen (secondary N) is 1. The zero-order chi connectivity index (χ0) is 18.5. The van der Waals surface area contributed by atoms with Gasteiger partial charge in [-0.15, -0.1) is 0 Å². The maximum atomic E-state index is 12.5. The minimum Gasteiger partial charge on any atom is -0.322 e. The minimum absolute atomic E-state index is 0.103. The van der Waals surface area contributed by atoms with Crippen LogP contribution in [0.1, 0.15) is 21.5 Å². The smallest absolute Gasteiger partial charge is 0.255 e. The van der Waals surface area contributed by atoms with E-state index in [1.807, 2.05) is 62.5 Å². The third-order valence-corrected chi connectivity index (χ3v) is 5.00. The molecule has 3 aromatic carbocycles. The van der Waals surface area contributed by atoms with Gasteiger partial charge < -0.3 is 9.62 Å². The molecule has 0 heterocycles. The second kappa shape index (κ2) is 8.11. The summed E-state index contributed by atoms with van der Waals surface area (Å²) in [4.78, 5) is 13.5. The highest BCUT2D eigenvalue weighted by atomic mass is 32.2. The number of carbonyl (C=O) groups is 1. The number of carbonyl (C=O) groups excluding carboxylic acids is 1. The molecule has 1 N–H and O–H groups in total. The SMILES string of the molecule is Cc1ccc(NC(=O)c2cccc(SN(C)c3ccc(C)cc3)c2)cc1. The number of benzene rings is 3. The van der Waals surface area contributed by atoms with Crippen LogP contribution in [0, 0.1) is 13.8 Å². The van der Waals surface area contributed by atoms with Crippen LogP contribution in [0.5, 0.6) is 0 Å². The quantitative estimate of drug-likeness (QED) is 0.591. The molecule has 3 aromatic rings. The van der Waals surface area contributed by atoms with Crippen LogP contribution in [0.3, 0.4) is 0 Å². The van der Waals surface area contributed by atoms with Crippen LogP contribution in [0.25, 0.3) is 0 Å². The lowest BCUT2D eigenvalue weighted by Gasteiger charge is -2.18. The van der Waals surface area contributed by atoms with E-state index >= 15 is 0 Å². The van der Waals surface area contributed by atoms with Crippen LogP contribution >= 0.6 is 11.9 Å². The molecule has 0 saturated carbocycles. The molecular weight excluding hydrogens is 340 g/mol. The van der Waals surface area contributed by atoms with Gasteiger partial charge in [-0.1, -0.05) is 41.5 Å². The summed E-state index contributed by atoms with van der Waals surface area (Å²) in [6.45, 7) is 4.10. The number of nitrogens with zero attached hydrogens (tertiary/aromatic N) is 1. The highest BCUT2D eigenvalue weighted by molar-refractivity contribution is 8.00. The first-order valence-electron chi connectivity index (χ1n) is 8.48. The first kappa shape index (κ1) is 18.1. The monoisotopic (exact) mass is 362 g/mol. The average Bonchev–Trinajstić information content (AvgIpc) is 2.64. The molecule has 132 valence electrons. The molecule has 0 aliphatic carbocycles. The zero-order valence-corrected chi connectivity index (χ0v) is 16.0. The highest BCUT2D eigenvalue weighted by Gasteiger charge is 2.09. The van der Waals surface area contributed by atoms with Crippen molar-refractivity contribution < 1.29 is 4.79 Å². The molecule has 4 heteroatoms. The second-order valence-corrected chi connectivity index (χ2v) is 7.47. The van der Waals surface area contributed by atoms with Crippen LogP contribution < -0.4 is 9.62 Å². The molecular formula is C22H22N2OS. The Balaban J connectivity index is 1.70. The molecule has 0 radical (unpaired) electrons. The molecule has 0 unspecified atom stereocenters. The number of amides is 1. The standard InChI is InChI=1S/C22H22N2OS/c1-16-7-11-19(12-8-16)23-22(25)18-5-4-6-21(15-18)26-24(3)20-13-9-17(2)10-14-20/h4-15H,1-3H3,(H,23,25). The first-order chi connectivity index (χ1) is 12.5. The fourth-order valence-corrected chi connectivity index (χ4v) is 3.36. The fourth-order valence-electron chi connectivity index (χ4n) is 2.50. The molecule has 0 atom stereocenters. The van der Waals surface area contributed by atoms with Gasteiger partial charge in [0.05, 0.1) is 0 Å². The predicted molar refractivity (Wildman–Crippen MR) is 111 cm³/mol. The van der Waals surface area contributed by atoms with Gasteiger partial charge in [-0.25, -0.2) is 0 Å². The zero-order valence-electron chi connectivity index (χ0n) is 15.2. The molecule has 0 saturated heterocycles. The van der Waals surface area contributed by atoms with Crippen molar-refractivity contribution in [3.05, 3.63) is 89.5 Å². The Bertz CT molecular complexity index is 889. The summed E-state index contributed by atoms with van der Waals surface area (Å²) in [5.74, 6) is -0.103. The molecule has 3 rings (SSSR count). The van der Waals surface area contributed by atoms with Crippen molar-refractivity contribution in [1.82, 2.24) is 0 Å². The predicted octanol–water partition coefficient (Wildman–Crippen LogP) is 5.70. The van der Waals surface area contributed by atoms with Gasteiger partial charge in [-0.05, 0) is 68.3 Å². The van der Waals surface area contributed by atoms with Crippen LogP contribution in [0.15, 0.2) is 77.7 Å².